The molecule has 1 atom stereocenters. The summed E-state index contributed by atoms with van der Waals surface area (Å²) in [6, 6.07) is 31.5. The third kappa shape index (κ3) is 7.03. The summed E-state index contributed by atoms with van der Waals surface area (Å²) in [5, 5.41) is 2.17. The number of imidazole rings is 1. The average molecular weight is 817 g/mol. The van der Waals surface area contributed by atoms with Crippen LogP contribution in [0.2, 0.25) is 0 Å². The third-order valence-electron chi connectivity index (χ3n) is 11.8. The maximum Gasteiger partial charge on any atom is 0.269 e. The molecule has 304 valence electrons. The molecule has 10 rings (SSSR count). The molecule has 0 radical (unpaired) electrons. The van der Waals surface area contributed by atoms with Crippen LogP contribution >= 0.6 is 0 Å². The molecule has 0 bridgehead atoms. The summed E-state index contributed by atoms with van der Waals surface area (Å²) in [6.45, 7) is 13.3. The molecule has 0 saturated carbocycles. The fourth-order valence-corrected chi connectivity index (χ4v) is 8.20. The highest BCUT2D eigenvalue weighted by atomic mass is 16.5. The molecule has 0 fully saturated rings. The van der Waals surface area contributed by atoms with Crippen molar-refractivity contribution in [2.75, 3.05) is 0 Å². The fraction of sp³-hybridized carbons (Fsp3) is 0.158. The molecule has 0 saturated heterocycles. The SMILES string of the molecule is [2H]c1c([2H])c([2H])c(-c2cccc(-c3c([2H])c([2H])c([2H])c([2H])c3[2H])c2-[n+]2[c-]n(-c3cccc(Oc4ccc5c6cc(C(C)(C)C)ccc6n(-c6cc(C(C)C(C)C)ccn6)c5c4)c3)c3ccccc32)c([2H])c1[2H]. The van der Waals surface area contributed by atoms with Crippen LogP contribution in [0.5, 0.6) is 11.5 Å². The minimum absolute atomic E-state index is 0.0658. The zero-order valence-corrected chi connectivity index (χ0v) is 35.4. The van der Waals surface area contributed by atoms with Crippen molar-refractivity contribution in [3.63, 3.8) is 0 Å². The number of para-hydroxylation sites is 3. The van der Waals surface area contributed by atoms with E-state index >= 15 is 0 Å². The predicted molar refractivity (Wildman–Crippen MR) is 255 cm³/mol. The normalized spacial score (nSPS) is 14.7. The van der Waals surface area contributed by atoms with Crippen LogP contribution < -0.4 is 9.30 Å². The summed E-state index contributed by atoms with van der Waals surface area (Å²) in [7, 11) is 0. The van der Waals surface area contributed by atoms with Gasteiger partial charge in [0.2, 0.25) is 0 Å². The van der Waals surface area contributed by atoms with Crippen molar-refractivity contribution in [1.82, 2.24) is 14.1 Å². The van der Waals surface area contributed by atoms with Crippen LogP contribution in [0.4, 0.5) is 0 Å². The molecule has 0 spiro atoms. The first-order valence-corrected chi connectivity index (χ1v) is 20.8. The monoisotopic (exact) mass is 816 g/mol. The number of rotatable bonds is 9. The standard InChI is InChI=1S/C57H50N4O/c1-38(2)39(3)42-31-32-58-55(33-42)61-51-30-27-43(57(4,5)6)34-50(51)49-29-28-46(36-54(49)61)62-45-22-15-21-44(35-45)59-37-60(53-26-14-13-25-52(53)59)56-47(40-17-9-7-10-18-40)23-16-24-48(56)41-19-11-8-12-20-41/h7-36,38-39H,1-6H3/i7D,8D,9D,10D,11D,12D,17D,18D,19D,20D. The molecule has 0 amide bonds. The van der Waals surface area contributed by atoms with E-state index in [1.54, 1.807) is 27.3 Å². The van der Waals surface area contributed by atoms with E-state index in [0.717, 1.165) is 27.6 Å². The largest absolute Gasteiger partial charge is 0.458 e. The van der Waals surface area contributed by atoms with Crippen molar-refractivity contribution in [3.8, 4) is 50.9 Å². The van der Waals surface area contributed by atoms with Crippen LogP contribution in [0.3, 0.4) is 0 Å². The Morgan fingerprint density at radius 2 is 1.34 bits per heavy atom. The number of fused-ring (bicyclic) bond motifs is 4. The van der Waals surface area contributed by atoms with Crippen molar-refractivity contribution in [2.24, 2.45) is 5.92 Å². The second-order valence-electron chi connectivity index (χ2n) is 17.0. The Morgan fingerprint density at radius 1 is 0.645 bits per heavy atom. The predicted octanol–water partition coefficient (Wildman–Crippen LogP) is 14.4. The van der Waals surface area contributed by atoms with Crippen molar-refractivity contribution in [1.29, 1.82) is 0 Å². The average Bonchev–Trinajstić information content (AvgIpc) is 3.91. The van der Waals surface area contributed by atoms with Crippen LogP contribution in [0.25, 0.3) is 72.3 Å². The Morgan fingerprint density at radius 3 is 2.05 bits per heavy atom. The summed E-state index contributed by atoms with van der Waals surface area (Å²) < 4.78 is 99.5. The number of hydrogen-bond acceptors (Lipinski definition) is 2. The third-order valence-corrected chi connectivity index (χ3v) is 11.8. The van der Waals surface area contributed by atoms with E-state index in [-0.39, 0.29) is 33.4 Å². The number of nitrogens with zero attached hydrogens (tertiary/aromatic N) is 4. The topological polar surface area (TPSA) is 35.9 Å². The molecule has 7 aromatic carbocycles. The van der Waals surface area contributed by atoms with Gasteiger partial charge >= 0.3 is 0 Å². The molecule has 3 aromatic heterocycles. The Hall–Kier alpha value is -7.24. The maximum absolute atomic E-state index is 9.03. The van der Waals surface area contributed by atoms with Gasteiger partial charge in [-0.2, -0.15) is 0 Å². The number of benzene rings is 7. The van der Waals surface area contributed by atoms with Crippen molar-refractivity contribution in [3.05, 3.63) is 199 Å². The summed E-state index contributed by atoms with van der Waals surface area (Å²) in [4.78, 5) is 4.92. The van der Waals surface area contributed by atoms with Gasteiger partial charge in [0.1, 0.15) is 17.3 Å². The van der Waals surface area contributed by atoms with Gasteiger partial charge in [0, 0.05) is 23.0 Å². The van der Waals surface area contributed by atoms with E-state index in [4.69, 9.17) is 23.4 Å². The van der Waals surface area contributed by atoms with Gasteiger partial charge in [-0.3, -0.25) is 13.7 Å². The molecule has 0 aliphatic rings. The quantitative estimate of drug-likeness (QED) is 0.107. The fourth-order valence-electron chi connectivity index (χ4n) is 8.20. The van der Waals surface area contributed by atoms with Crippen molar-refractivity contribution < 1.29 is 23.0 Å². The number of hydrogen-bond donors (Lipinski definition) is 0. The van der Waals surface area contributed by atoms with E-state index in [0.29, 0.717) is 40.1 Å². The van der Waals surface area contributed by atoms with Crippen molar-refractivity contribution in [2.45, 2.75) is 52.9 Å². The first-order valence-electron chi connectivity index (χ1n) is 25.8. The zero-order valence-electron chi connectivity index (χ0n) is 45.4. The Balaban J connectivity index is 1.14. The van der Waals surface area contributed by atoms with Gasteiger partial charge in [-0.15, -0.1) is 0 Å². The van der Waals surface area contributed by atoms with Gasteiger partial charge in [-0.25, -0.2) is 4.98 Å². The maximum atomic E-state index is 9.03. The van der Waals surface area contributed by atoms with Crippen LogP contribution in [0.1, 0.15) is 72.3 Å². The summed E-state index contributed by atoms with van der Waals surface area (Å²) in [6.07, 6.45) is 5.33. The molecule has 0 aliphatic heterocycles. The van der Waals surface area contributed by atoms with Crippen LogP contribution in [-0.2, 0) is 5.41 Å². The van der Waals surface area contributed by atoms with Crippen LogP contribution in [0.15, 0.2) is 182 Å². The van der Waals surface area contributed by atoms with E-state index in [1.807, 2.05) is 66.9 Å². The second kappa shape index (κ2) is 15.7. The van der Waals surface area contributed by atoms with Crippen LogP contribution in [-0.4, -0.2) is 14.1 Å². The van der Waals surface area contributed by atoms with Gasteiger partial charge < -0.3 is 4.74 Å². The van der Waals surface area contributed by atoms with Gasteiger partial charge in [-0.05, 0) is 105 Å². The minimum Gasteiger partial charge on any atom is -0.458 e. The molecule has 3 heterocycles. The summed E-state index contributed by atoms with van der Waals surface area (Å²) >= 11 is 0. The molecule has 0 N–H and O–H groups in total. The van der Waals surface area contributed by atoms with E-state index in [1.165, 1.54) is 11.1 Å². The lowest BCUT2D eigenvalue weighted by molar-refractivity contribution is -0.571. The highest BCUT2D eigenvalue weighted by molar-refractivity contribution is 6.09. The van der Waals surface area contributed by atoms with Gasteiger partial charge in [0.05, 0.1) is 47.1 Å². The molecule has 5 nitrogen and oxygen atoms in total. The highest BCUT2D eigenvalue weighted by Gasteiger charge is 2.22. The molecule has 5 heteroatoms. The lowest BCUT2D eigenvalue weighted by atomic mass is 9.86. The first kappa shape index (κ1) is 29.1. The molecular weight excluding hydrogens is 757 g/mol. The van der Waals surface area contributed by atoms with E-state index < -0.39 is 60.4 Å². The van der Waals surface area contributed by atoms with E-state index in [9.17, 15) is 0 Å². The highest BCUT2D eigenvalue weighted by Crippen LogP contribution is 2.39. The van der Waals surface area contributed by atoms with Gasteiger partial charge in [-0.1, -0.05) is 157 Å². The molecule has 0 aliphatic carbocycles. The van der Waals surface area contributed by atoms with E-state index in [2.05, 4.69) is 88.8 Å². The minimum atomic E-state index is -0.564. The lowest BCUT2D eigenvalue weighted by Crippen LogP contribution is -2.31. The Bertz CT molecular complexity index is 3710. The van der Waals surface area contributed by atoms with Gasteiger partial charge in [0.15, 0.2) is 0 Å². The molecule has 62 heavy (non-hydrogen) atoms. The lowest BCUT2D eigenvalue weighted by Gasteiger charge is -2.19. The van der Waals surface area contributed by atoms with Gasteiger partial charge in [0.25, 0.3) is 6.33 Å². The number of aromatic nitrogens is 4. The smallest absolute Gasteiger partial charge is 0.269 e. The first-order chi connectivity index (χ1) is 34.3. The second-order valence-corrected chi connectivity index (χ2v) is 17.0. The molecule has 1 unspecified atom stereocenters. The summed E-state index contributed by atoms with van der Waals surface area (Å²) in [5.41, 5.74) is 6.44. The summed E-state index contributed by atoms with van der Waals surface area (Å²) in [5.74, 6) is 2.70. The molecular formula is C57H50N4O. The zero-order chi connectivity index (χ0) is 51.2. The number of pyridine rings is 1. The van der Waals surface area contributed by atoms with Crippen molar-refractivity contribution >= 4 is 32.8 Å². The Labute approximate surface area is 378 Å². The van der Waals surface area contributed by atoms with Crippen LogP contribution in [0, 0.1) is 12.2 Å². The molecule has 10 aromatic rings. The number of ether oxygens (including phenoxy) is 1. The Kier molecular flexibility index (Phi) is 7.35.